The van der Waals surface area contributed by atoms with Crippen LogP contribution in [-0.4, -0.2) is 12.8 Å². The Balaban J connectivity index is 0.000000461. The fraction of sp³-hybridized carbons (Fsp3) is 0.500. The van der Waals surface area contributed by atoms with Gasteiger partial charge in [-0.2, -0.15) is 0 Å². The van der Waals surface area contributed by atoms with Gasteiger partial charge in [0.2, 0.25) is 0 Å². The standard InChI is InChI=1S/C8H7BBrNO.C2H6/c1-4-7(10)5-2-12-3-6(5)8(9)11-4;1-2/h2-3H2,1H3;1-2H3. The molecule has 0 amide bonds. The quantitative estimate of drug-likeness (QED) is 0.660. The zero-order valence-electron chi connectivity index (χ0n) is 8.72. The number of aromatic nitrogens is 1. The predicted octanol–water partition coefficient (Wildman–Crippen LogP) is 2.00. The molecule has 0 fully saturated rings. The van der Waals surface area contributed by atoms with E-state index in [2.05, 4.69) is 20.9 Å². The van der Waals surface area contributed by atoms with Crippen LogP contribution in [0, 0.1) is 6.92 Å². The molecule has 0 saturated heterocycles. The lowest BCUT2D eigenvalue weighted by Gasteiger charge is -2.06. The fourth-order valence-electron chi connectivity index (χ4n) is 1.37. The van der Waals surface area contributed by atoms with Gasteiger partial charge in [-0.1, -0.05) is 13.8 Å². The van der Waals surface area contributed by atoms with Gasteiger partial charge in [0.15, 0.2) is 0 Å². The van der Waals surface area contributed by atoms with Gasteiger partial charge in [-0.05, 0) is 34.0 Å². The van der Waals surface area contributed by atoms with E-state index in [0.29, 0.717) is 18.8 Å². The van der Waals surface area contributed by atoms with Crippen LogP contribution in [0.4, 0.5) is 0 Å². The summed E-state index contributed by atoms with van der Waals surface area (Å²) in [6.07, 6.45) is 0. The Hall–Kier alpha value is -0.345. The lowest BCUT2D eigenvalue weighted by molar-refractivity contribution is 0.134. The normalized spacial score (nSPS) is 13.1. The van der Waals surface area contributed by atoms with Gasteiger partial charge in [-0.25, -0.2) is 0 Å². The van der Waals surface area contributed by atoms with E-state index < -0.39 is 0 Å². The zero-order valence-corrected chi connectivity index (χ0v) is 10.3. The molecule has 2 heterocycles. The number of halogens is 1. The predicted molar refractivity (Wildman–Crippen MR) is 61.9 cm³/mol. The van der Waals surface area contributed by atoms with Gasteiger partial charge < -0.3 is 4.74 Å². The van der Waals surface area contributed by atoms with Crippen molar-refractivity contribution >= 4 is 29.4 Å². The monoisotopic (exact) mass is 253 g/mol. The van der Waals surface area contributed by atoms with Crippen molar-refractivity contribution in [3.8, 4) is 0 Å². The number of hydrogen-bond donors (Lipinski definition) is 0. The summed E-state index contributed by atoms with van der Waals surface area (Å²) in [6, 6.07) is 0. The molecule has 0 bridgehead atoms. The maximum absolute atomic E-state index is 5.73. The van der Waals surface area contributed by atoms with Crippen molar-refractivity contribution in [3.05, 3.63) is 21.3 Å². The average Bonchev–Trinajstić information content (AvgIpc) is 2.67. The number of fused-ring (bicyclic) bond motifs is 1. The Labute approximate surface area is 94.6 Å². The van der Waals surface area contributed by atoms with Gasteiger partial charge in [-0.3, -0.25) is 4.98 Å². The minimum atomic E-state index is 0.590. The largest absolute Gasteiger partial charge is 0.372 e. The van der Waals surface area contributed by atoms with Crippen molar-refractivity contribution in [2.45, 2.75) is 34.0 Å². The van der Waals surface area contributed by atoms with Gasteiger partial charge >= 0.3 is 0 Å². The minimum absolute atomic E-state index is 0.590. The summed E-state index contributed by atoms with van der Waals surface area (Å²) in [6.45, 7) is 7.16. The topological polar surface area (TPSA) is 22.1 Å². The van der Waals surface area contributed by atoms with Crippen LogP contribution in [0.5, 0.6) is 0 Å². The van der Waals surface area contributed by atoms with Crippen LogP contribution in [0.25, 0.3) is 0 Å². The molecule has 0 unspecified atom stereocenters. The molecule has 0 aliphatic carbocycles. The summed E-state index contributed by atoms with van der Waals surface area (Å²) in [4.78, 5) is 4.20. The zero-order chi connectivity index (χ0) is 10.7. The summed E-state index contributed by atoms with van der Waals surface area (Å²) in [7, 11) is 5.73. The maximum Gasteiger partial charge on any atom is 0.142 e. The smallest absolute Gasteiger partial charge is 0.142 e. The van der Waals surface area contributed by atoms with Crippen molar-refractivity contribution in [3.63, 3.8) is 0 Å². The van der Waals surface area contributed by atoms with E-state index in [4.69, 9.17) is 12.6 Å². The first-order valence-corrected chi connectivity index (χ1v) is 5.50. The lowest BCUT2D eigenvalue weighted by Crippen LogP contribution is -2.16. The van der Waals surface area contributed by atoms with Crippen LogP contribution < -0.4 is 5.59 Å². The molecule has 2 rings (SSSR count). The third-order valence-corrected chi connectivity index (χ3v) is 3.09. The second-order valence-corrected chi connectivity index (χ2v) is 3.64. The lowest BCUT2D eigenvalue weighted by atomic mass is 9.95. The van der Waals surface area contributed by atoms with E-state index in [1.165, 1.54) is 0 Å². The first-order valence-electron chi connectivity index (χ1n) is 4.71. The van der Waals surface area contributed by atoms with E-state index in [9.17, 15) is 0 Å². The number of aryl methyl sites for hydroxylation is 1. The third-order valence-electron chi connectivity index (χ3n) is 2.04. The first-order chi connectivity index (χ1) is 6.70. The van der Waals surface area contributed by atoms with Crippen molar-refractivity contribution < 1.29 is 4.74 Å². The third kappa shape index (κ3) is 2.01. The molecular formula is C10H13BBrNO. The van der Waals surface area contributed by atoms with E-state index >= 15 is 0 Å². The highest BCUT2D eigenvalue weighted by Gasteiger charge is 2.18. The molecule has 2 nitrogen and oxygen atoms in total. The van der Waals surface area contributed by atoms with Crippen molar-refractivity contribution in [2.24, 2.45) is 0 Å². The van der Waals surface area contributed by atoms with Crippen molar-refractivity contribution in [2.75, 3.05) is 0 Å². The molecule has 0 atom stereocenters. The summed E-state index contributed by atoms with van der Waals surface area (Å²) in [5.41, 5.74) is 3.72. The number of ether oxygens (including phenoxy) is 1. The number of pyridine rings is 1. The molecule has 1 aromatic rings. The summed E-state index contributed by atoms with van der Waals surface area (Å²) in [5.74, 6) is 0. The number of hydrogen-bond acceptors (Lipinski definition) is 2. The maximum atomic E-state index is 5.73. The number of rotatable bonds is 0. The van der Waals surface area contributed by atoms with Crippen LogP contribution in [0.3, 0.4) is 0 Å². The molecule has 0 spiro atoms. The van der Waals surface area contributed by atoms with E-state index in [0.717, 1.165) is 21.3 Å². The summed E-state index contributed by atoms with van der Waals surface area (Å²) in [5, 5.41) is 0. The van der Waals surface area contributed by atoms with Gasteiger partial charge in [0, 0.05) is 10.0 Å². The van der Waals surface area contributed by atoms with Gasteiger partial charge in [0.05, 0.1) is 18.9 Å². The van der Waals surface area contributed by atoms with Gasteiger partial charge in [-0.15, -0.1) is 0 Å². The average molecular weight is 254 g/mol. The molecule has 0 aromatic carbocycles. The van der Waals surface area contributed by atoms with Crippen LogP contribution >= 0.6 is 15.9 Å². The highest BCUT2D eigenvalue weighted by atomic mass is 79.9. The van der Waals surface area contributed by atoms with E-state index in [1.807, 2.05) is 20.8 Å². The Bertz CT molecular complexity index is 341. The molecule has 74 valence electrons. The van der Waals surface area contributed by atoms with E-state index in [-0.39, 0.29) is 0 Å². The molecular weight excluding hydrogens is 241 g/mol. The molecule has 1 aromatic heterocycles. The molecule has 14 heavy (non-hydrogen) atoms. The summed E-state index contributed by atoms with van der Waals surface area (Å²) < 4.78 is 6.31. The molecule has 4 heteroatoms. The van der Waals surface area contributed by atoms with Gasteiger partial charge in [0.25, 0.3) is 0 Å². The Morgan fingerprint density at radius 2 is 1.86 bits per heavy atom. The molecule has 1 aliphatic heterocycles. The number of nitrogens with zero attached hydrogens (tertiary/aromatic N) is 1. The Kier molecular flexibility index (Phi) is 4.14. The molecule has 1 aliphatic rings. The highest BCUT2D eigenvalue weighted by molar-refractivity contribution is 9.10. The first kappa shape index (κ1) is 11.7. The SMILES string of the molecule is CC.[B]c1nc(C)c(Br)c2c1COC2. The van der Waals surface area contributed by atoms with Crippen molar-refractivity contribution in [1.29, 1.82) is 0 Å². The minimum Gasteiger partial charge on any atom is -0.372 e. The molecule has 0 saturated carbocycles. The van der Waals surface area contributed by atoms with Gasteiger partial charge in [0.1, 0.15) is 7.85 Å². The second kappa shape index (κ2) is 4.94. The fourth-order valence-corrected chi connectivity index (χ4v) is 1.81. The molecule has 0 N–H and O–H groups in total. The highest BCUT2D eigenvalue weighted by Crippen LogP contribution is 2.27. The van der Waals surface area contributed by atoms with Crippen LogP contribution in [0.15, 0.2) is 4.47 Å². The second-order valence-electron chi connectivity index (χ2n) is 2.85. The molecule has 2 radical (unpaired) electrons. The van der Waals surface area contributed by atoms with Crippen LogP contribution in [0.1, 0.15) is 30.7 Å². The Morgan fingerprint density at radius 1 is 1.29 bits per heavy atom. The van der Waals surface area contributed by atoms with Crippen LogP contribution in [-0.2, 0) is 18.0 Å². The van der Waals surface area contributed by atoms with Crippen LogP contribution in [0.2, 0.25) is 0 Å². The van der Waals surface area contributed by atoms with E-state index in [1.54, 1.807) is 0 Å². The Morgan fingerprint density at radius 3 is 2.50 bits per heavy atom. The van der Waals surface area contributed by atoms with Crippen molar-refractivity contribution in [1.82, 2.24) is 4.98 Å². The summed E-state index contributed by atoms with van der Waals surface area (Å²) >= 11 is 3.47.